The fourth-order valence-corrected chi connectivity index (χ4v) is 4.11. The van der Waals surface area contributed by atoms with Gasteiger partial charge in [-0.1, -0.05) is 6.07 Å². The topological polar surface area (TPSA) is 70.8 Å². The van der Waals surface area contributed by atoms with Crippen LogP contribution in [-0.4, -0.2) is 39.3 Å². The van der Waals surface area contributed by atoms with Crippen LogP contribution in [0.3, 0.4) is 0 Å². The fourth-order valence-electron chi connectivity index (χ4n) is 2.86. The maximum Gasteiger partial charge on any atom is 0.407 e. The summed E-state index contributed by atoms with van der Waals surface area (Å²) in [4.78, 5) is 14.0. The second-order valence-electron chi connectivity index (χ2n) is 6.87. The average molecular weight is 493 g/mol. The van der Waals surface area contributed by atoms with Gasteiger partial charge in [0, 0.05) is 24.8 Å². The van der Waals surface area contributed by atoms with E-state index in [1.54, 1.807) is 0 Å². The molecule has 6 nitrogen and oxygen atoms in total. The molecule has 0 unspecified atom stereocenters. The van der Waals surface area contributed by atoms with Gasteiger partial charge in [0.2, 0.25) is 5.91 Å². The third-order valence-electron chi connectivity index (χ3n) is 4.31. The number of nitrogens with one attached hydrogen (secondary N) is 1. The number of sulfone groups is 1. The lowest BCUT2D eigenvalue weighted by molar-refractivity contribution is -0.136. The van der Waals surface area contributed by atoms with Crippen molar-refractivity contribution in [1.29, 1.82) is 0 Å². The van der Waals surface area contributed by atoms with Crippen LogP contribution in [0.1, 0.15) is 12.5 Å². The largest absolute Gasteiger partial charge is 0.407 e. The quantitative estimate of drug-likeness (QED) is 0.433. The maximum absolute atomic E-state index is 13.2. The molecule has 33 heavy (non-hydrogen) atoms. The van der Waals surface area contributed by atoms with Gasteiger partial charge >= 0.3 is 12.4 Å². The number of rotatable bonds is 7. The van der Waals surface area contributed by atoms with E-state index in [9.17, 15) is 39.6 Å². The van der Waals surface area contributed by atoms with E-state index in [4.69, 9.17) is 6.57 Å². The van der Waals surface area contributed by atoms with Gasteiger partial charge in [-0.3, -0.25) is 4.79 Å². The number of halogens is 6. The van der Waals surface area contributed by atoms with Crippen LogP contribution in [0.15, 0.2) is 47.4 Å². The van der Waals surface area contributed by atoms with Crippen LogP contribution in [0.4, 0.5) is 43.4 Å². The summed E-state index contributed by atoms with van der Waals surface area (Å²) >= 11 is 0. The minimum Gasteiger partial charge on any atom is -0.362 e. The number of anilines is 2. The minimum atomic E-state index is -4.98. The molecule has 2 aromatic rings. The first-order valence-electron chi connectivity index (χ1n) is 9.13. The summed E-state index contributed by atoms with van der Waals surface area (Å²) < 4.78 is 104. The van der Waals surface area contributed by atoms with Crippen molar-refractivity contribution in [3.8, 4) is 0 Å². The molecule has 0 fully saturated rings. The van der Waals surface area contributed by atoms with Crippen molar-refractivity contribution in [2.45, 2.75) is 24.2 Å². The van der Waals surface area contributed by atoms with Crippen LogP contribution >= 0.6 is 0 Å². The third kappa shape index (κ3) is 7.38. The van der Waals surface area contributed by atoms with Gasteiger partial charge < -0.3 is 10.2 Å². The lowest BCUT2D eigenvalue weighted by Gasteiger charge is -2.27. The van der Waals surface area contributed by atoms with E-state index >= 15 is 0 Å². The minimum absolute atomic E-state index is 0.233. The van der Waals surface area contributed by atoms with Crippen molar-refractivity contribution in [3.63, 3.8) is 0 Å². The Morgan fingerprint density at radius 3 is 2.15 bits per heavy atom. The Kier molecular flexibility index (Phi) is 7.64. The van der Waals surface area contributed by atoms with Crippen molar-refractivity contribution in [1.82, 2.24) is 0 Å². The van der Waals surface area contributed by atoms with E-state index in [0.29, 0.717) is 16.7 Å². The highest BCUT2D eigenvalue weighted by atomic mass is 32.2. The van der Waals surface area contributed by atoms with Crippen molar-refractivity contribution in [3.05, 3.63) is 59.4 Å². The molecule has 13 heteroatoms. The number of benzene rings is 2. The highest BCUT2D eigenvalue weighted by Gasteiger charge is 2.36. The van der Waals surface area contributed by atoms with Gasteiger partial charge in [0.25, 0.3) is 0 Å². The molecule has 2 aromatic carbocycles. The van der Waals surface area contributed by atoms with Gasteiger partial charge in [0.05, 0.1) is 22.8 Å². The lowest BCUT2D eigenvalue weighted by Crippen LogP contribution is -2.37. The molecule has 0 aliphatic rings. The molecule has 2 rings (SSSR count). The third-order valence-corrected chi connectivity index (χ3v) is 6.02. The zero-order chi connectivity index (χ0) is 25.0. The zero-order valence-corrected chi connectivity index (χ0v) is 17.8. The molecular formula is C20H17F6N3O3S. The Balaban J connectivity index is 2.33. The molecule has 178 valence electrons. The van der Waals surface area contributed by atoms with E-state index in [0.717, 1.165) is 24.3 Å². The molecule has 0 aromatic heterocycles. The summed E-state index contributed by atoms with van der Waals surface area (Å²) in [5.41, 5.74) is -2.42. The standard InChI is InChI=1S/C20H17F6N3O3S/c1-13(30)28-14-3-6-16(7-4-14)33(31,32)10-9-29(12-19(21,22)23)15-5-8-18(27-2)17(11-15)20(24,25)26/h3-8,11H,9-10,12H2,1H3,(H,28,30). The molecule has 0 heterocycles. The van der Waals surface area contributed by atoms with Crippen LogP contribution in [0.5, 0.6) is 0 Å². The smallest absolute Gasteiger partial charge is 0.362 e. The molecule has 0 bridgehead atoms. The molecule has 0 aliphatic heterocycles. The van der Waals surface area contributed by atoms with Crippen LogP contribution in [0.25, 0.3) is 4.85 Å². The van der Waals surface area contributed by atoms with Gasteiger partial charge in [0.15, 0.2) is 15.5 Å². The first-order chi connectivity index (χ1) is 15.1. The van der Waals surface area contributed by atoms with E-state index in [1.165, 1.54) is 19.1 Å². The van der Waals surface area contributed by atoms with Crippen LogP contribution in [-0.2, 0) is 20.8 Å². The van der Waals surface area contributed by atoms with Gasteiger partial charge in [-0.05, 0) is 36.4 Å². The van der Waals surface area contributed by atoms with E-state index < -0.39 is 63.9 Å². The van der Waals surface area contributed by atoms with Crippen molar-refractivity contribution in [2.24, 2.45) is 0 Å². The summed E-state index contributed by atoms with van der Waals surface area (Å²) in [6.45, 7) is 5.62. The Labute approximate surface area is 185 Å². The zero-order valence-electron chi connectivity index (χ0n) is 17.0. The summed E-state index contributed by atoms with van der Waals surface area (Å²) in [6, 6.07) is 6.93. The normalized spacial score (nSPS) is 12.2. The van der Waals surface area contributed by atoms with E-state index in [2.05, 4.69) is 10.2 Å². The molecule has 1 amide bonds. The van der Waals surface area contributed by atoms with E-state index in [-0.39, 0.29) is 4.90 Å². The number of amides is 1. The maximum atomic E-state index is 13.2. The Morgan fingerprint density at radius 1 is 1.06 bits per heavy atom. The second-order valence-corrected chi connectivity index (χ2v) is 8.98. The molecule has 1 N–H and O–H groups in total. The summed E-state index contributed by atoms with van der Waals surface area (Å²) in [5, 5.41) is 2.43. The average Bonchev–Trinajstić information content (AvgIpc) is 2.69. The SMILES string of the molecule is [C-]#[N+]c1ccc(N(CCS(=O)(=O)c2ccc(NC(C)=O)cc2)CC(F)(F)F)cc1C(F)(F)F. The van der Waals surface area contributed by atoms with Crippen LogP contribution in [0, 0.1) is 6.57 Å². The fraction of sp³-hybridized carbons (Fsp3) is 0.300. The summed E-state index contributed by atoms with van der Waals surface area (Å²) in [6.07, 6.45) is -9.82. The molecule has 0 saturated carbocycles. The molecule has 0 spiro atoms. The first-order valence-corrected chi connectivity index (χ1v) is 10.8. The predicted octanol–water partition coefficient (Wildman–Crippen LogP) is 5.06. The number of alkyl halides is 6. The molecule has 0 radical (unpaired) electrons. The van der Waals surface area contributed by atoms with Crippen molar-refractivity contribution in [2.75, 3.05) is 29.1 Å². The molecular weight excluding hydrogens is 476 g/mol. The highest BCUT2D eigenvalue weighted by Crippen LogP contribution is 2.39. The summed E-state index contributed by atoms with van der Waals surface area (Å²) in [7, 11) is -4.11. The highest BCUT2D eigenvalue weighted by molar-refractivity contribution is 7.91. The number of nitrogens with zero attached hydrogens (tertiary/aromatic N) is 2. The monoisotopic (exact) mass is 493 g/mol. The van der Waals surface area contributed by atoms with Gasteiger partial charge in [-0.2, -0.15) is 26.3 Å². The molecule has 0 atom stereocenters. The Hall–Kier alpha value is -3.27. The number of hydrogen-bond donors (Lipinski definition) is 1. The van der Waals surface area contributed by atoms with Crippen molar-refractivity contribution < 1.29 is 39.6 Å². The Morgan fingerprint density at radius 2 is 1.67 bits per heavy atom. The van der Waals surface area contributed by atoms with Crippen LogP contribution in [0.2, 0.25) is 0 Å². The number of carbonyl (C=O) groups excluding carboxylic acids is 1. The second kappa shape index (κ2) is 9.70. The van der Waals surface area contributed by atoms with E-state index in [1.807, 2.05) is 0 Å². The number of carbonyl (C=O) groups is 1. The molecule has 0 saturated heterocycles. The lowest BCUT2D eigenvalue weighted by atomic mass is 10.1. The number of hydrogen-bond acceptors (Lipinski definition) is 4. The van der Waals surface area contributed by atoms with Crippen molar-refractivity contribution >= 4 is 32.8 Å². The molecule has 0 aliphatic carbocycles. The predicted molar refractivity (Wildman–Crippen MR) is 109 cm³/mol. The Bertz CT molecular complexity index is 1150. The van der Waals surface area contributed by atoms with Gasteiger partial charge in [0.1, 0.15) is 6.54 Å². The van der Waals surface area contributed by atoms with Gasteiger partial charge in [-0.25, -0.2) is 13.3 Å². The van der Waals surface area contributed by atoms with Crippen LogP contribution < -0.4 is 10.2 Å². The van der Waals surface area contributed by atoms with Gasteiger partial charge in [-0.15, -0.1) is 0 Å². The first kappa shape index (κ1) is 26.0. The summed E-state index contributed by atoms with van der Waals surface area (Å²) in [5.74, 6) is -1.22.